The van der Waals surface area contributed by atoms with Crippen molar-refractivity contribution in [1.82, 2.24) is 15.2 Å². The molecule has 0 bridgehead atoms. The number of amides is 2. The Morgan fingerprint density at radius 3 is 2.67 bits per heavy atom. The molecular weight excluding hydrogens is 302 g/mol. The second kappa shape index (κ2) is 7.79. The zero-order valence-corrected chi connectivity index (χ0v) is 13.6. The van der Waals surface area contributed by atoms with E-state index in [1.165, 1.54) is 11.8 Å². The van der Waals surface area contributed by atoms with Crippen LogP contribution in [0.1, 0.15) is 18.4 Å². The summed E-state index contributed by atoms with van der Waals surface area (Å²) in [7, 11) is 0. The maximum absolute atomic E-state index is 12.1. The summed E-state index contributed by atoms with van der Waals surface area (Å²) in [6, 6.07) is 12.1. The first-order valence-corrected chi connectivity index (χ1v) is 8.24. The third-order valence-corrected chi connectivity index (χ3v) is 4.27. The molecule has 0 saturated carbocycles. The molecular formula is C18H23N5O. The van der Waals surface area contributed by atoms with Crippen molar-refractivity contribution >= 4 is 17.4 Å². The van der Waals surface area contributed by atoms with Crippen molar-refractivity contribution in [2.45, 2.75) is 25.4 Å². The average molecular weight is 325 g/mol. The topological polar surface area (TPSA) is 83.3 Å². The van der Waals surface area contributed by atoms with Crippen molar-refractivity contribution < 1.29 is 4.79 Å². The zero-order chi connectivity index (χ0) is 16.8. The van der Waals surface area contributed by atoms with Crippen LogP contribution < -0.4 is 16.4 Å². The molecule has 2 heterocycles. The fourth-order valence-corrected chi connectivity index (χ4v) is 2.94. The molecule has 0 radical (unpaired) electrons. The van der Waals surface area contributed by atoms with E-state index < -0.39 is 0 Å². The van der Waals surface area contributed by atoms with E-state index in [9.17, 15) is 4.79 Å². The van der Waals surface area contributed by atoms with E-state index in [4.69, 9.17) is 5.73 Å². The second-order valence-electron chi connectivity index (χ2n) is 6.10. The van der Waals surface area contributed by atoms with Crippen molar-refractivity contribution in [3.05, 3.63) is 54.4 Å². The number of aromatic nitrogens is 1. The van der Waals surface area contributed by atoms with Crippen LogP contribution in [0.2, 0.25) is 0 Å². The normalized spacial score (nSPS) is 15.8. The Kier molecular flexibility index (Phi) is 5.28. The molecule has 6 nitrogen and oxygen atoms in total. The molecule has 3 rings (SSSR count). The predicted molar refractivity (Wildman–Crippen MR) is 95.5 cm³/mol. The summed E-state index contributed by atoms with van der Waals surface area (Å²) >= 11 is 0. The first-order chi connectivity index (χ1) is 11.7. The minimum atomic E-state index is -0.214. The van der Waals surface area contributed by atoms with E-state index in [-0.39, 0.29) is 12.1 Å². The number of benzene rings is 1. The highest BCUT2D eigenvalue weighted by atomic mass is 16.2. The van der Waals surface area contributed by atoms with Gasteiger partial charge in [-0.1, -0.05) is 30.3 Å². The second-order valence-corrected chi connectivity index (χ2v) is 6.10. The van der Waals surface area contributed by atoms with Crippen LogP contribution in [0.3, 0.4) is 0 Å². The number of hydrogen-bond donors (Lipinski definition) is 3. The molecule has 2 amide bonds. The molecule has 0 atom stereocenters. The Hall–Kier alpha value is -2.60. The Bertz CT molecular complexity index is 668. The van der Waals surface area contributed by atoms with Crippen molar-refractivity contribution in [2.75, 3.05) is 24.1 Å². The molecule has 0 spiro atoms. The number of hydrogen-bond acceptors (Lipinski definition) is 4. The number of piperidine rings is 1. The van der Waals surface area contributed by atoms with Crippen LogP contribution in [0.4, 0.5) is 16.2 Å². The van der Waals surface area contributed by atoms with E-state index in [0.717, 1.165) is 32.5 Å². The lowest BCUT2D eigenvalue weighted by Gasteiger charge is -2.32. The Morgan fingerprint density at radius 2 is 1.96 bits per heavy atom. The summed E-state index contributed by atoms with van der Waals surface area (Å²) in [6.07, 6.45) is 5.03. The number of carbonyl (C=O) groups excluding carboxylic acids is 1. The standard InChI is InChI=1S/C18H23N5O/c19-16-12-20-9-6-17(16)22-18(24)21-15-7-10-23(11-8-15)13-14-4-2-1-3-5-14/h1-6,9,12,15H,7-8,10-11,13,19H2,(H2,20,21,22,24). The minimum Gasteiger partial charge on any atom is -0.396 e. The van der Waals surface area contributed by atoms with Gasteiger partial charge in [-0.3, -0.25) is 9.88 Å². The monoisotopic (exact) mass is 325 g/mol. The van der Waals surface area contributed by atoms with Gasteiger partial charge < -0.3 is 16.4 Å². The number of nitrogens with two attached hydrogens (primary N) is 1. The quantitative estimate of drug-likeness (QED) is 0.806. The zero-order valence-electron chi connectivity index (χ0n) is 13.6. The highest BCUT2D eigenvalue weighted by Crippen LogP contribution is 2.16. The molecule has 4 N–H and O–H groups in total. The molecule has 1 aliphatic rings. The number of nitrogens with one attached hydrogen (secondary N) is 2. The summed E-state index contributed by atoms with van der Waals surface area (Å²) in [5.74, 6) is 0. The largest absolute Gasteiger partial charge is 0.396 e. The van der Waals surface area contributed by atoms with Gasteiger partial charge >= 0.3 is 6.03 Å². The number of anilines is 2. The summed E-state index contributed by atoms with van der Waals surface area (Å²) in [4.78, 5) is 18.4. The maximum Gasteiger partial charge on any atom is 0.319 e. The number of rotatable bonds is 4. The van der Waals surface area contributed by atoms with Crippen molar-refractivity contribution in [3.8, 4) is 0 Å². The van der Waals surface area contributed by atoms with E-state index in [1.54, 1.807) is 12.3 Å². The summed E-state index contributed by atoms with van der Waals surface area (Å²) in [6.45, 7) is 2.93. The molecule has 1 saturated heterocycles. The molecule has 1 aliphatic heterocycles. The van der Waals surface area contributed by atoms with Crippen LogP contribution in [-0.4, -0.2) is 35.0 Å². The van der Waals surface area contributed by atoms with Gasteiger partial charge in [0.1, 0.15) is 0 Å². The maximum atomic E-state index is 12.1. The fraction of sp³-hybridized carbons (Fsp3) is 0.333. The van der Waals surface area contributed by atoms with Gasteiger partial charge in [0.05, 0.1) is 17.6 Å². The number of carbonyl (C=O) groups is 1. The fourth-order valence-electron chi connectivity index (χ4n) is 2.94. The first-order valence-electron chi connectivity index (χ1n) is 8.24. The number of nitrogens with zero attached hydrogens (tertiary/aromatic N) is 2. The van der Waals surface area contributed by atoms with Crippen LogP contribution in [-0.2, 0) is 6.54 Å². The minimum absolute atomic E-state index is 0.195. The predicted octanol–water partition coefficient (Wildman–Crippen LogP) is 2.45. The van der Waals surface area contributed by atoms with E-state index >= 15 is 0 Å². The van der Waals surface area contributed by atoms with Crippen molar-refractivity contribution in [1.29, 1.82) is 0 Å². The highest BCUT2D eigenvalue weighted by molar-refractivity contribution is 5.92. The lowest BCUT2D eigenvalue weighted by molar-refractivity contribution is 0.190. The van der Waals surface area contributed by atoms with Gasteiger partial charge in [-0.05, 0) is 24.5 Å². The van der Waals surface area contributed by atoms with Gasteiger partial charge in [0.15, 0.2) is 0 Å². The molecule has 0 unspecified atom stereocenters. The van der Waals surface area contributed by atoms with Gasteiger partial charge in [-0.25, -0.2) is 4.79 Å². The molecule has 24 heavy (non-hydrogen) atoms. The number of pyridine rings is 1. The lowest BCUT2D eigenvalue weighted by Crippen LogP contribution is -2.45. The molecule has 1 aromatic carbocycles. The lowest BCUT2D eigenvalue weighted by atomic mass is 10.0. The highest BCUT2D eigenvalue weighted by Gasteiger charge is 2.20. The van der Waals surface area contributed by atoms with Crippen LogP contribution >= 0.6 is 0 Å². The Morgan fingerprint density at radius 1 is 1.21 bits per heavy atom. The van der Waals surface area contributed by atoms with Crippen LogP contribution in [0.25, 0.3) is 0 Å². The van der Waals surface area contributed by atoms with Gasteiger partial charge in [-0.2, -0.15) is 0 Å². The number of nitrogen functional groups attached to an aromatic ring is 1. The molecule has 1 fully saturated rings. The SMILES string of the molecule is Nc1cnccc1NC(=O)NC1CCN(Cc2ccccc2)CC1. The van der Waals surface area contributed by atoms with Gasteiger partial charge in [0, 0.05) is 31.9 Å². The van der Waals surface area contributed by atoms with Gasteiger partial charge in [-0.15, -0.1) is 0 Å². The van der Waals surface area contributed by atoms with Crippen LogP contribution in [0, 0.1) is 0 Å². The van der Waals surface area contributed by atoms with Crippen molar-refractivity contribution in [2.24, 2.45) is 0 Å². The summed E-state index contributed by atoms with van der Waals surface area (Å²) in [5.41, 5.74) is 8.16. The molecule has 126 valence electrons. The summed E-state index contributed by atoms with van der Waals surface area (Å²) in [5, 5.41) is 5.81. The summed E-state index contributed by atoms with van der Waals surface area (Å²) < 4.78 is 0. The van der Waals surface area contributed by atoms with E-state index in [1.807, 2.05) is 6.07 Å². The van der Waals surface area contributed by atoms with Crippen LogP contribution in [0.15, 0.2) is 48.8 Å². The van der Waals surface area contributed by atoms with Gasteiger partial charge in [0.25, 0.3) is 0 Å². The van der Waals surface area contributed by atoms with Crippen LogP contribution in [0.5, 0.6) is 0 Å². The molecule has 2 aromatic rings. The van der Waals surface area contributed by atoms with Crippen molar-refractivity contribution in [3.63, 3.8) is 0 Å². The Labute approximate surface area is 142 Å². The number of likely N-dealkylation sites (tertiary alicyclic amines) is 1. The van der Waals surface area contributed by atoms with E-state index in [0.29, 0.717) is 11.4 Å². The average Bonchev–Trinajstić information content (AvgIpc) is 2.60. The Balaban J connectivity index is 1.43. The number of urea groups is 1. The first kappa shape index (κ1) is 16.3. The molecule has 1 aromatic heterocycles. The van der Waals surface area contributed by atoms with E-state index in [2.05, 4.69) is 44.8 Å². The molecule has 6 heteroatoms. The van der Waals surface area contributed by atoms with Gasteiger partial charge in [0.2, 0.25) is 0 Å². The smallest absolute Gasteiger partial charge is 0.319 e. The third-order valence-electron chi connectivity index (χ3n) is 4.27. The third kappa shape index (κ3) is 4.45. The molecule has 0 aliphatic carbocycles.